The van der Waals surface area contributed by atoms with Crippen molar-refractivity contribution in [1.29, 1.82) is 0 Å². The zero-order chi connectivity index (χ0) is 40.6. The molecule has 6 aromatic rings. The van der Waals surface area contributed by atoms with Gasteiger partial charge in [0.1, 0.15) is 28.1 Å². The first kappa shape index (κ1) is 40.9. The van der Waals surface area contributed by atoms with Crippen LogP contribution in [0.15, 0.2) is 89.0 Å². The third-order valence-corrected chi connectivity index (χ3v) is 12.3. The summed E-state index contributed by atoms with van der Waals surface area (Å²) in [7, 11) is 1.63. The number of para-hydroxylation sites is 1. The normalized spacial score (nSPS) is 18.4. The van der Waals surface area contributed by atoms with Crippen molar-refractivity contribution in [1.82, 2.24) is 46.2 Å². The Labute approximate surface area is 345 Å². The summed E-state index contributed by atoms with van der Waals surface area (Å²) >= 11 is 8.45. The smallest absolute Gasteiger partial charge is 0.245 e. The number of amides is 3. The molecule has 58 heavy (non-hydrogen) atoms. The molecule has 1 aliphatic rings. The number of hydrogen-bond acceptors (Lipinski definition) is 10. The average molecular weight is 822 g/mol. The molecule has 0 spiro atoms. The van der Waals surface area contributed by atoms with Crippen LogP contribution in [0.1, 0.15) is 48.8 Å². The number of nitrogens with zero attached hydrogens (tertiary/aromatic N) is 4. The van der Waals surface area contributed by atoms with Gasteiger partial charge in [-0.15, -0.1) is 0 Å². The summed E-state index contributed by atoms with van der Waals surface area (Å²) in [5.74, 6) is -1.06. The quantitative estimate of drug-likeness (QED) is 0.0937. The summed E-state index contributed by atoms with van der Waals surface area (Å²) in [4.78, 5) is 53.8. The Balaban J connectivity index is 1.34. The molecule has 14 nitrogen and oxygen atoms in total. The summed E-state index contributed by atoms with van der Waals surface area (Å²) in [6.45, 7) is 1.23. The average Bonchev–Trinajstić information content (AvgIpc) is 3.89. The number of aromatic amines is 2. The molecule has 16 heteroatoms. The van der Waals surface area contributed by atoms with Gasteiger partial charge in [-0.3, -0.25) is 14.4 Å². The molecular weight excluding hydrogens is 774 g/mol. The molecule has 4 heterocycles. The van der Waals surface area contributed by atoms with E-state index in [0.717, 1.165) is 44.2 Å². The van der Waals surface area contributed by atoms with E-state index in [9.17, 15) is 14.4 Å². The monoisotopic (exact) mass is 821 g/mol. The lowest BCUT2D eigenvalue weighted by Gasteiger charge is -2.32. The standard InChI is InChI=1S/C42H48ClN11O3S/c1-54-37(21-27-23-47-32-10-3-2-9-29(27)32)40(56)49-24-30-28(25-13-16-33-36(20-25)52-53-51-33)14-15-31(43)38(30)58-41-26(8-7-19-46-41)22-48-34(12-6-18-45)39(55)50-35(42(54)57)11-4-5-17-44/h2-3,7-10,13-16,19-20,23,34-35,37,47-48H,4-6,11-12,17-18,21-22,24,44-45H2,1H3,(H,49,56)(H,50,55)(H,51,52,53)/t34-,35-,37-/m0/s1. The number of halogens is 1. The first-order valence-electron chi connectivity index (χ1n) is 19.5. The molecule has 0 bridgehead atoms. The van der Waals surface area contributed by atoms with Crippen molar-refractivity contribution < 1.29 is 14.4 Å². The third kappa shape index (κ3) is 9.19. The van der Waals surface area contributed by atoms with E-state index in [1.54, 1.807) is 13.2 Å². The van der Waals surface area contributed by atoms with Gasteiger partial charge < -0.3 is 37.3 Å². The van der Waals surface area contributed by atoms with E-state index in [-0.39, 0.29) is 30.7 Å². The zero-order valence-corrected chi connectivity index (χ0v) is 33.8. The number of unbranched alkanes of at least 4 members (excludes halogenated alkanes) is 1. The van der Waals surface area contributed by atoms with Gasteiger partial charge in [-0.1, -0.05) is 59.8 Å². The molecule has 3 atom stereocenters. The Morgan fingerprint density at radius 3 is 2.53 bits per heavy atom. The molecule has 0 fully saturated rings. The molecule has 0 aliphatic carbocycles. The van der Waals surface area contributed by atoms with Crippen LogP contribution in [0.4, 0.5) is 0 Å². The lowest BCUT2D eigenvalue weighted by Crippen LogP contribution is -2.57. The number of carbonyl (C=O) groups is 3. The van der Waals surface area contributed by atoms with Crippen molar-refractivity contribution in [2.45, 2.75) is 79.7 Å². The maximum absolute atomic E-state index is 14.7. The van der Waals surface area contributed by atoms with Gasteiger partial charge in [-0.05, 0) is 103 Å². The van der Waals surface area contributed by atoms with Crippen LogP contribution in [0.3, 0.4) is 0 Å². The minimum atomic E-state index is -0.949. The minimum Gasteiger partial charge on any atom is -0.361 e. The minimum absolute atomic E-state index is 0.0819. The highest BCUT2D eigenvalue weighted by Gasteiger charge is 2.34. The number of rotatable bonds is 10. The van der Waals surface area contributed by atoms with Gasteiger partial charge in [-0.25, -0.2) is 4.98 Å². The van der Waals surface area contributed by atoms with Crippen molar-refractivity contribution in [3.63, 3.8) is 0 Å². The highest BCUT2D eigenvalue weighted by atomic mass is 35.5. The number of likely N-dealkylation sites (N-methyl/N-ethyl adjacent to an activating group) is 1. The number of hydrogen-bond donors (Lipinski definition) is 7. The second-order valence-electron chi connectivity index (χ2n) is 14.5. The number of fused-ring (bicyclic) bond motifs is 4. The molecule has 9 N–H and O–H groups in total. The van der Waals surface area contributed by atoms with Crippen LogP contribution in [0.5, 0.6) is 0 Å². The first-order valence-corrected chi connectivity index (χ1v) is 20.7. The Morgan fingerprint density at radius 2 is 1.69 bits per heavy atom. The van der Waals surface area contributed by atoms with Crippen LogP contribution in [-0.4, -0.2) is 86.3 Å². The molecule has 0 unspecified atom stereocenters. The van der Waals surface area contributed by atoms with Gasteiger partial charge in [0, 0.05) is 54.8 Å². The van der Waals surface area contributed by atoms with Crippen LogP contribution in [0.25, 0.3) is 33.1 Å². The highest BCUT2D eigenvalue weighted by molar-refractivity contribution is 7.99. The van der Waals surface area contributed by atoms with Crippen molar-refractivity contribution in [2.24, 2.45) is 11.5 Å². The fourth-order valence-electron chi connectivity index (χ4n) is 7.42. The Morgan fingerprint density at radius 1 is 0.879 bits per heavy atom. The van der Waals surface area contributed by atoms with Crippen molar-refractivity contribution in [3.8, 4) is 11.1 Å². The number of pyridine rings is 1. The fourth-order valence-corrected chi connectivity index (χ4v) is 8.76. The second kappa shape index (κ2) is 19.0. The molecule has 3 aromatic heterocycles. The van der Waals surface area contributed by atoms with Crippen LogP contribution in [0, 0.1) is 0 Å². The lowest BCUT2D eigenvalue weighted by atomic mass is 9.98. The van der Waals surface area contributed by atoms with E-state index in [2.05, 4.69) is 36.3 Å². The number of nitrogens with one attached hydrogen (secondary N) is 5. The molecule has 3 aromatic carbocycles. The number of carbonyl (C=O) groups excluding carboxylic acids is 3. The predicted octanol–water partition coefficient (Wildman–Crippen LogP) is 4.82. The van der Waals surface area contributed by atoms with Crippen molar-refractivity contribution >= 4 is 63.0 Å². The van der Waals surface area contributed by atoms with E-state index in [0.29, 0.717) is 72.2 Å². The number of benzene rings is 3. The maximum atomic E-state index is 14.7. The molecule has 7 rings (SSSR count). The molecule has 0 radical (unpaired) electrons. The summed E-state index contributed by atoms with van der Waals surface area (Å²) in [5.41, 5.74) is 18.3. The molecule has 0 saturated heterocycles. The van der Waals surface area contributed by atoms with Crippen LogP contribution in [-0.2, 0) is 33.9 Å². The van der Waals surface area contributed by atoms with Crippen LogP contribution < -0.4 is 27.4 Å². The van der Waals surface area contributed by atoms with E-state index in [1.807, 2.05) is 72.9 Å². The van der Waals surface area contributed by atoms with E-state index < -0.39 is 18.1 Å². The van der Waals surface area contributed by atoms with Gasteiger partial charge in [-0.2, -0.15) is 15.4 Å². The highest BCUT2D eigenvalue weighted by Crippen LogP contribution is 2.41. The zero-order valence-electron chi connectivity index (χ0n) is 32.3. The van der Waals surface area contributed by atoms with Gasteiger partial charge >= 0.3 is 0 Å². The SMILES string of the molecule is CN1C(=O)[C@H](CCCCN)NC(=O)[C@H](CCCN)NCc2cccnc2Sc2c(Cl)ccc(-c3ccc4n[nH]nc4c3)c2CNC(=O)[C@@H]1Cc1c[nH]c2ccccc12. The predicted molar refractivity (Wildman–Crippen MR) is 227 cm³/mol. The molecule has 302 valence electrons. The molecule has 3 amide bonds. The van der Waals surface area contributed by atoms with Crippen LogP contribution in [0.2, 0.25) is 5.02 Å². The topological polar surface area (TPSA) is 213 Å². The number of H-pyrrole nitrogens is 2. The first-order chi connectivity index (χ1) is 28.2. The number of nitrogens with two attached hydrogens (primary N) is 2. The number of aromatic nitrogens is 5. The summed E-state index contributed by atoms with van der Waals surface area (Å²) in [6.07, 6.45) is 6.48. The summed E-state index contributed by atoms with van der Waals surface area (Å²) in [5, 5.41) is 23.0. The Hall–Kier alpha value is -5.32. The summed E-state index contributed by atoms with van der Waals surface area (Å²) < 4.78 is 0. The Bertz CT molecular complexity index is 2400. The molecule has 1 aliphatic heterocycles. The lowest BCUT2D eigenvalue weighted by molar-refractivity contribution is -0.142. The molecular formula is C42H48ClN11O3S. The van der Waals surface area contributed by atoms with Crippen molar-refractivity contribution in [2.75, 3.05) is 20.1 Å². The van der Waals surface area contributed by atoms with E-state index in [1.165, 1.54) is 16.7 Å². The van der Waals surface area contributed by atoms with Crippen molar-refractivity contribution in [3.05, 3.63) is 101 Å². The van der Waals surface area contributed by atoms with Gasteiger partial charge in [0.15, 0.2) is 0 Å². The maximum Gasteiger partial charge on any atom is 0.245 e. The van der Waals surface area contributed by atoms with Gasteiger partial charge in [0.25, 0.3) is 0 Å². The third-order valence-electron chi connectivity index (χ3n) is 10.6. The Kier molecular flexibility index (Phi) is 13.4. The summed E-state index contributed by atoms with van der Waals surface area (Å²) in [6, 6.07) is 18.7. The van der Waals surface area contributed by atoms with Gasteiger partial charge in [0.05, 0.1) is 11.1 Å². The van der Waals surface area contributed by atoms with Crippen LogP contribution >= 0.6 is 23.4 Å². The van der Waals surface area contributed by atoms with E-state index >= 15 is 0 Å². The van der Waals surface area contributed by atoms with E-state index in [4.69, 9.17) is 28.1 Å². The largest absolute Gasteiger partial charge is 0.361 e. The van der Waals surface area contributed by atoms with Gasteiger partial charge in [0.2, 0.25) is 17.7 Å². The molecule has 0 saturated carbocycles. The fraction of sp³-hybridized carbons (Fsp3) is 0.333. The second-order valence-corrected chi connectivity index (χ2v) is 15.9.